The van der Waals surface area contributed by atoms with E-state index in [1.54, 1.807) is 13.0 Å². The molecule has 0 amide bonds. The number of ketones is 1. The first-order valence-electron chi connectivity index (χ1n) is 6.54. The Labute approximate surface area is 123 Å². The Balaban J connectivity index is 2.29. The first-order valence-corrected chi connectivity index (χ1v) is 6.54. The largest absolute Gasteiger partial charge is 0.489 e. The lowest BCUT2D eigenvalue weighted by Gasteiger charge is -2.12. The predicted molar refractivity (Wildman–Crippen MR) is 78.9 cm³/mol. The maximum absolute atomic E-state index is 11.6. The third-order valence-electron chi connectivity index (χ3n) is 3.14. The monoisotopic (exact) mass is 284 g/mol. The highest BCUT2D eigenvalue weighted by Gasteiger charge is 2.18. The molecule has 0 saturated heterocycles. The number of aromatic carboxylic acids is 1. The van der Waals surface area contributed by atoms with Gasteiger partial charge >= 0.3 is 5.97 Å². The third kappa shape index (κ3) is 3.48. The number of rotatable bonds is 5. The topological polar surface area (TPSA) is 63.6 Å². The van der Waals surface area contributed by atoms with Gasteiger partial charge in [0.05, 0.1) is 5.56 Å². The summed E-state index contributed by atoms with van der Waals surface area (Å²) in [4.78, 5) is 22.9. The van der Waals surface area contributed by atoms with Crippen LogP contribution in [0, 0.1) is 6.92 Å². The van der Waals surface area contributed by atoms with Crippen LogP contribution in [0.15, 0.2) is 42.5 Å². The summed E-state index contributed by atoms with van der Waals surface area (Å²) in [6.45, 7) is 3.41. The summed E-state index contributed by atoms with van der Waals surface area (Å²) < 4.78 is 5.62. The maximum atomic E-state index is 11.6. The zero-order valence-corrected chi connectivity index (χ0v) is 11.9. The fourth-order valence-corrected chi connectivity index (χ4v) is 2.21. The van der Waals surface area contributed by atoms with Gasteiger partial charge in [-0.15, -0.1) is 0 Å². The van der Waals surface area contributed by atoms with Gasteiger partial charge in [-0.2, -0.15) is 0 Å². The van der Waals surface area contributed by atoms with Crippen LogP contribution in [0.3, 0.4) is 0 Å². The van der Waals surface area contributed by atoms with Gasteiger partial charge in [-0.3, -0.25) is 4.79 Å². The van der Waals surface area contributed by atoms with E-state index in [0.29, 0.717) is 17.9 Å². The van der Waals surface area contributed by atoms with E-state index in [1.165, 1.54) is 13.0 Å². The summed E-state index contributed by atoms with van der Waals surface area (Å²) in [6, 6.07) is 12.7. The predicted octanol–water partition coefficient (Wildman–Crippen LogP) is 3.47. The molecule has 1 N–H and O–H groups in total. The highest BCUT2D eigenvalue weighted by molar-refractivity contribution is 6.06. The van der Waals surface area contributed by atoms with Gasteiger partial charge in [0.2, 0.25) is 0 Å². The van der Waals surface area contributed by atoms with Crippen molar-refractivity contribution in [1.29, 1.82) is 0 Å². The molecule has 0 unspecified atom stereocenters. The van der Waals surface area contributed by atoms with Crippen LogP contribution in [0.5, 0.6) is 5.75 Å². The molecule has 4 nitrogen and oxygen atoms in total. The summed E-state index contributed by atoms with van der Waals surface area (Å²) in [5.74, 6) is -0.952. The molecule has 21 heavy (non-hydrogen) atoms. The molecule has 0 atom stereocenters. The molecule has 0 aromatic heterocycles. The Hall–Kier alpha value is -2.62. The lowest BCUT2D eigenvalue weighted by atomic mass is 9.98. The van der Waals surface area contributed by atoms with Gasteiger partial charge in [-0.05, 0) is 37.1 Å². The van der Waals surface area contributed by atoms with E-state index in [-0.39, 0.29) is 16.9 Å². The van der Waals surface area contributed by atoms with Crippen molar-refractivity contribution >= 4 is 11.8 Å². The van der Waals surface area contributed by atoms with E-state index < -0.39 is 5.97 Å². The highest BCUT2D eigenvalue weighted by atomic mass is 16.5. The van der Waals surface area contributed by atoms with Crippen molar-refractivity contribution in [2.75, 3.05) is 0 Å². The Morgan fingerprint density at radius 3 is 2.38 bits per heavy atom. The van der Waals surface area contributed by atoms with E-state index in [1.807, 2.05) is 30.3 Å². The molecule has 2 aromatic carbocycles. The quantitative estimate of drug-likeness (QED) is 0.854. The SMILES string of the molecule is CC(=O)c1c(C)cc(OCc2ccccc2)cc1C(=O)O. The number of carboxylic acids is 1. The summed E-state index contributed by atoms with van der Waals surface area (Å²) in [7, 11) is 0. The molecule has 0 saturated carbocycles. The van der Waals surface area contributed by atoms with Crippen LogP contribution < -0.4 is 4.74 Å². The van der Waals surface area contributed by atoms with Crippen LogP contribution in [-0.4, -0.2) is 16.9 Å². The maximum Gasteiger partial charge on any atom is 0.336 e. The average Bonchev–Trinajstić information content (AvgIpc) is 2.45. The number of hydrogen-bond acceptors (Lipinski definition) is 3. The van der Waals surface area contributed by atoms with Crippen molar-refractivity contribution in [2.24, 2.45) is 0 Å². The van der Waals surface area contributed by atoms with Crippen molar-refractivity contribution < 1.29 is 19.4 Å². The number of Topliss-reactive ketones (excluding diaryl/α,β-unsaturated/α-hetero) is 1. The van der Waals surface area contributed by atoms with Crippen molar-refractivity contribution in [3.63, 3.8) is 0 Å². The second kappa shape index (κ2) is 6.22. The molecular weight excluding hydrogens is 268 g/mol. The molecular formula is C17H16O4. The minimum atomic E-state index is -1.13. The fraction of sp³-hybridized carbons (Fsp3) is 0.176. The summed E-state index contributed by atoms with van der Waals surface area (Å²) in [5.41, 5.74) is 1.80. The molecule has 2 rings (SSSR count). The summed E-state index contributed by atoms with van der Waals surface area (Å²) in [6.07, 6.45) is 0. The number of aryl methyl sites for hydroxylation is 1. The van der Waals surface area contributed by atoms with E-state index in [9.17, 15) is 14.7 Å². The number of carbonyl (C=O) groups excluding carboxylic acids is 1. The molecule has 0 aliphatic heterocycles. The fourth-order valence-electron chi connectivity index (χ4n) is 2.21. The van der Waals surface area contributed by atoms with Gasteiger partial charge in [0, 0.05) is 5.56 Å². The van der Waals surface area contributed by atoms with Crippen LogP contribution >= 0.6 is 0 Å². The Morgan fingerprint density at radius 1 is 1.14 bits per heavy atom. The van der Waals surface area contributed by atoms with Gasteiger partial charge in [-0.25, -0.2) is 4.79 Å². The van der Waals surface area contributed by atoms with Crippen LogP contribution in [0.25, 0.3) is 0 Å². The zero-order valence-electron chi connectivity index (χ0n) is 11.9. The van der Waals surface area contributed by atoms with Crippen molar-refractivity contribution in [2.45, 2.75) is 20.5 Å². The number of carboxylic acid groups (broad SMARTS) is 1. The molecule has 0 heterocycles. The second-order valence-corrected chi connectivity index (χ2v) is 4.80. The minimum absolute atomic E-state index is 0.0226. The smallest absolute Gasteiger partial charge is 0.336 e. The van der Waals surface area contributed by atoms with E-state index >= 15 is 0 Å². The van der Waals surface area contributed by atoms with Gasteiger partial charge in [0.25, 0.3) is 0 Å². The first-order chi connectivity index (χ1) is 9.99. The van der Waals surface area contributed by atoms with Crippen molar-refractivity contribution in [1.82, 2.24) is 0 Å². The zero-order chi connectivity index (χ0) is 15.4. The van der Waals surface area contributed by atoms with Crippen LogP contribution in [0.1, 0.15) is 38.8 Å². The van der Waals surface area contributed by atoms with Gasteiger partial charge in [-0.1, -0.05) is 30.3 Å². The van der Waals surface area contributed by atoms with Gasteiger partial charge in [0.15, 0.2) is 5.78 Å². The normalized spacial score (nSPS) is 10.2. The van der Waals surface area contributed by atoms with E-state index in [0.717, 1.165) is 5.56 Å². The van der Waals surface area contributed by atoms with Gasteiger partial charge in [0.1, 0.15) is 12.4 Å². The average molecular weight is 284 g/mol. The highest BCUT2D eigenvalue weighted by Crippen LogP contribution is 2.24. The Morgan fingerprint density at radius 2 is 1.81 bits per heavy atom. The minimum Gasteiger partial charge on any atom is -0.489 e. The standard InChI is InChI=1S/C17H16O4/c1-11-8-14(21-10-13-6-4-3-5-7-13)9-15(17(19)20)16(11)12(2)18/h3-9H,10H2,1-2H3,(H,19,20). The molecule has 0 fully saturated rings. The Kier molecular flexibility index (Phi) is 4.38. The summed E-state index contributed by atoms with van der Waals surface area (Å²) >= 11 is 0. The molecule has 0 aliphatic rings. The third-order valence-corrected chi connectivity index (χ3v) is 3.14. The van der Waals surface area contributed by atoms with E-state index in [2.05, 4.69) is 0 Å². The first kappa shape index (κ1) is 14.8. The molecule has 0 spiro atoms. The van der Waals surface area contributed by atoms with Gasteiger partial charge < -0.3 is 9.84 Å². The molecule has 0 radical (unpaired) electrons. The molecule has 0 bridgehead atoms. The lowest BCUT2D eigenvalue weighted by molar-refractivity contribution is 0.0691. The number of hydrogen-bond donors (Lipinski definition) is 1. The molecule has 0 aliphatic carbocycles. The molecule has 2 aromatic rings. The number of ether oxygens (including phenoxy) is 1. The molecule has 108 valence electrons. The molecule has 4 heteroatoms. The number of carbonyl (C=O) groups is 2. The number of benzene rings is 2. The Bertz CT molecular complexity index is 675. The van der Waals surface area contributed by atoms with Crippen molar-refractivity contribution in [3.8, 4) is 5.75 Å². The van der Waals surface area contributed by atoms with Crippen LogP contribution in [0.4, 0.5) is 0 Å². The van der Waals surface area contributed by atoms with Crippen molar-refractivity contribution in [3.05, 3.63) is 64.7 Å². The second-order valence-electron chi connectivity index (χ2n) is 4.80. The van der Waals surface area contributed by atoms with Crippen LogP contribution in [-0.2, 0) is 6.61 Å². The summed E-state index contributed by atoms with van der Waals surface area (Å²) in [5, 5.41) is 9.24. The lowest BCUT2D eigenvalue weighted by Crippen LogP contribution is -2.09. The van der Waals surface area contributed by atoms with Crippen LogP contribution in [0.2, 0.25) is 0 Å². The van der Waals surface area contributed by atoms with E-state index in [4.69, 9.17) is 4.74 Å².